The van der Waals surface area contributed by atoms with E-state index in [0.717, 1.165) is 11.6 Å². The van der Waals surface area contributed by atoms with Crippen molar-refractivity contribution in [1.82, 2.24) is 25.0 Å². The van der Waals surface area contributed by atoms with Crippen LogP contribution in [0.3, 0.4) is 0 Å². The molecule has 1 aromatic heterocycles. The van der Waals surface area contributed by atoms with Gasteiger partial charge in [-0.05, 0) is 0 Å². The first kappa shape index (κ1) is 12.0. The molecule has 2 rings (SSSR count). The molecule has 0 aromatic carbocycles. The molecule has 1 amide bonds. The Morgan fingerprint density at radius 1 is 1.47 bits per heavy atom. The molecule has 0 spiro atoms. The first-order chi connectivity index (χ1) is 8.00. The normalized spacial score (nSPS) is 19.2. The third-order valence-electron chi connectivity index (χ3n) is 2.98. The topological polar surface area (TPSA) is 63.1 Å². The van der Waals surface area contributed by atoms with Crippen molar-refractivity contribution in [3.05, 3.63) is 11.6 Å². The number of nitrogens with zero attached hydrogens (tertiary/aromatic N) is 4. The van der Waals surface area contributed by atoms with Crippen LogP contribution in [0.4, 0.5) is 0 Å². The number of nitrogens with one attached hydrogen (secondary N) is 1. The largest absolute Gasteiger partial charge is 0.347 e. The summed E-state index contributed by atoms with van der Waals surface area (Å²) in [5.41, 5.74) is 0. The van der Waals surface area contributed by atoms with Crippen LogP contribution < -0.4 is 5.32 Å². The van der Waals surface area contributed by atoms with E-state index in [4.69, 9.17) is 0 Å². The quantitative estimate of drug-likeness (QED) is 0.784. The van der Waals surface area contributed by atoms with Gasteiger partial charge in [0, 0.05) is 26.6 Å². The van der Waals surface area contributed by atoms with E-state index in [1.54, 1.807) is 19.0 Å². The Kier molecular flexibility index (Phi) is 3.15. The highest BCUT2D eigenvalue weighted by atomic mass is 16.2. The monoisotopic (exact) mass is 237 g/mol. The number of hydrogen-bond donors (Lipinski definition) is 1. The molecule has 0 fully saturated rings. The molecule has 6 heteroatoms. The third-order valence-corrected chi connectivity index (χ3v) is 2.98. The molecule has 0 aliphatic carbocycles. The van der Waals surface area contributed by atoms with Gasteiger partial charge in [-0.25, -0.2) is 0 Å². The lowest BCUT2D eigenvalue weighted by Gasteiger charge is -2.27. The van der Waals surface area contributed by atoms with Crippen LogP contribution in [0, 0.1) is 0 Å². The molecule has 1 aliphatic rings. The van der Waals surface area contributed by atoms with E-state index in [0.29, 0.717) is 19.0 Å². The maximum atomic E-state index is 11.9. The van der Waals surface area contributed by atoms with Crippen LogP contribution in [0.25, 0.3) is 0 Å². The Balaban J connectivity index is 2.22. The molecule has 0 bridgehead atoms. The fourth-order valence-corrected chi connectivity index (χ4v) is 2.04. The maximum absolute atomic E-state index is 11.9. The molecule has 2 heterocycles. The Labute approximate surface area is 101 Å². The summed E-state index contributed by atoms with van der Waals surface area (Å²) in [5, 5.41) is 11.5. The highest BCUT2D eigenvalue weighted by Crippen LogP contribution is 2.17. The Morgan fingerprint density at radius 2 is 2.18 bits per heavy atom. The first-order valence-corrected chi connectivity index (χ1v) is 5.87. The summed E-state index contributed by atoms with van der Waals surface area (Å²) in [4.78, 5) is 13.5. The summed E-state index contributed by atoms with van der Waals surface area (Å²) in [6, 6.07) is -0.175. The summed E-state index contributed by atoms with van der Waals surface area (Å²) >= 11 is 0. The van der Waals surface area contributed by atoms with E-state index in [1.165, 1.54) is 0 Å². The fraction of sp³-hybridized carbons (Fsp3) is 0.727. The highest BCUT2D eigenvalue weighted by Gasteiger charge is 2.28. The zero-order chi connectivity index (χ0) is 12.6. The lowest BCUT2D eigenvalue weighted by atomic mass is 10.1. The highest BCUT2D eigenvalue weighted by molar-refractivity contribution is 5.81. The van der Waals surface area contributed by atoms with Gasteiger partial charge in [-0.3, -0.25) is 10.1 Å². The van der Waals surface area contributed by atoms with Crippen LogP contribution in [0.2, 0.25) is 0 Å². The van der Waals surface area contributed by atoms with E-state index in [-0.39, 0.29) is 11.9 Å². The number of likely N-dealkylation sites (N-methyl/N-ethyl adjacent to an activating group) is 1. The third kappa shape index (κ3) is 2.17. The smallest absolute Gasteiger partial charge is 0.241 e. The van der Waals surface area contributed by atoms with Gasteiger partial charge >= 0.3 is 0 Å². The molecule has 0 radical (unpaired) electrons. The second-order valence-electron chi connectivity index (χ2n) is 4.91. The zero-order valence-electron chi connectivity index (χ0n) is 10.8. The number of carbonyl (C=O) groups excluding carboxylic acids is 1. The van der Waals surface area contributed by atoms with Gasteiger partial charge in [-0.15, -0.1) is 10.2 Å². The number of carbonyl (C=O) groups is 1. The standard InChI is InChI=1S/C11H19N5O/c1-7(2)10-14-13-9-5-12-8(6-16(9)10)11(17)15(3)4/h7-8,12H,5-6H2,1-4H3. The molecule has 94 valence electrons. The minimum Gasteiger partial charge on any atom is -0.347 e. The lowest BCUT2D eigenvalue weighted by molar-refractivity contribution is -0.131. The molecular formula is C11H19N5O. The van der Waals surface area contributed by atoms with Crippen LogP contribution >= 0.6 is 0 Å². The molecule has 1 aliphatic heterocycles. The van der Waals surface area contributed by atoms with Crippen LogP contribution in [-0.4, -0.2) is 45.7 Å². The predicted molar refractivity (Wildman–Crippen MR) is 63.4 cm³/mol. The van der Waals surface area contributed by atoms with Gasteiger partial charge in [-0.1, -0.05) is 13.8 Å². The molecule has 1 N–H and O–H groups in total. The van der Waals surface area contributed by atoms with Gasteiger partial charge in [0.1, 0.15) is 17.7 Å². The van der Waals surface area contributed by atoms with Crippen molar-refractivity contribution in [2.75, 3.05) is 14.1 Å². The van der Waals surface area contributed by atoms with E-state index in [1.807, 2.05) is 0 Å². The number of aromatic nitrogens is 3. The molecule has 1 unspecified atom stereocenters. The molecular weight excluding hydrogens is 218 g/mol. The van der Waals surface area contributed by atoms with Crippen molar-refractivity contribution in [3.63, 3.8) is 0 Å². The van der Waals surface area contributed by atoms with Crippen molar-refractivity contribution in [2.45, 2.75) is 38.9 Å². The molecule has 1 atom stereocenters. The Hall–Kier alpha value is -1.43. The number of rotatable bonds is 2. The van der Waals surface area contributed by atoms with Crippen LogP contribution in [0.1, 0.15) is 31.4 Å². The first-order valence-electron chi connectivity index (χ1n) is 5.87. The average molecular weight is 237 g/mol. The lowest BCUT2D eigenvalue weighted by Crippen LogP contribution is -2.49. The van der Waals surface area contributed by atoms with Gasteiger partial charge in [-0.2, -0.15) is 0 Å². The molecule has 1 aromatic rings. The van der Waals surface area contributed by atoms with Crippen LogP contribution in [0.5, 0.6) is 0 Å². The Bertz CT molecular complexity index is 423. The van der Waals surface area contributed by atoms with Crippen molar-refractivity contribution in [3.8, 4) is 0 Å². The molecule has 0 saturated heterocycles. The van der Waals surface area contributed by atoms with Crippen molar-refractivity contribution in [1.29, 1.82) is 0 Å². The van der Waals surface area contributed by atoms with Gasteiger partial charge in [0.15, 0.2) is 0 Å². The Morgan fingerprint density at radius 3 is 2.76 bits per heavy atom. The fourth-order valence-electron chi connectivity index (χ4n) is 2.04. The number of hydrogen-bond acceptors (Lipinski definition) is 4. The number of amides is 1. The summed E-state index contributed by atoms with van der Waals surface area (Å²) in [6.07, 6.45) is 0. The molecule has 17 heavy (non-hydrogen) atoms. The molecule has 0 saturated carbocycles. The van der Waals surface area contributed by atoms with E-state index < -0.39 is 0 Å². The van der Waals surface area contributed by atoms with Crippen LogP contribution in [0.15, 0.2) is 0 Å². The zero-order valence-corrected chi connectivity index (χ0v) is 10.8. The van der Waals surface area contributed by atoms with Crippen molar-refractivity contribution in [2.24, 2.45) is 0 Å². The summed E-state index contributed by atoms with van der Waals surface area (Å²) < 4.78 is 2.06. The second-order valence-corrected chi connectivity index (χ2v) is 4.91. The molecule has 6 nitrogen and oxygen atoms in total. The van der Waals surface area contributed by atoms with Gasteiger partial charge < -0.3 is 9.47 Å². The van der Waals surface area contributed by atoms with Gasteiger partial charge in [0.05, 0.1) is 6.54 Å². The average Bonchev–Trinajstić information content (AvgIpc) is 2.70. The maximum Gasteiger partial charge on any atom is 0.241 e. The van der Waals surface area contributed by atoms with Gasteiger partial charge in [0.2, 0.25) is 5.91 Å². The van der Waals surface area contributed by atoms with Crippen LogP contribution in [-0.2, 0) is 17.9 Å². The minimum absolute atomic E-state index is 0.0963. The van der Waals surface area contributed by atoms with E-state index in [2.05, 4.69) is 33.9 Å². The van der Waals surface area contributed by atoms with Crippen molar-refractivity contribution >= 4 is 5.91 Å². The number of fused-ring (bicyclic) bond motifs is 1. The van der Waals surface area contributed by atoms with Gasteiger partial charge in [0.25, 0.3) is 0 Å². The SMILES string of the molecule is CC(C)c1nnc2n1CC(C(=O)N(C)C)NC2. The summed E-state index contributed by atoms with van der Waals surface area (Å²) in [5.74, 6) is 2.29. The predicted octanol–water partition coefficient (Wildman–Crippen LogP) is -0.0385. The van der Waals surface area contributed by atoms with E-state index in [9.17, 15) is 4.79 Å². The second kappa shape index (κ2) is 4.44. The summed E-state index contributed by atoms with van der Waals surface area (Å²) in [6.45, 7) is 5.39. The van der Waals surface area contributed by atoms with Crippen molar-refractivity contribution < 1.29 is 4.79 Å². The minimum atomic E-state index is -0.175. The van der Waals surface area contributed by atoms with E-state index >= 15 is 0 Å². The summed E-state index contributed by atoms with van der Waals surface area (Å²) in [7, 11) is 3.55.